The second kappa shape index (κ2) is 8.54. The third-order valence-electron chi connectivity index (χ3n) is 4.72. The van der Waals surface area contributed by atoms with E-state index in [2.05, 4.69) is 18.8 Å². The molecule has 0 amide bonds. The number of hydrogen-bond acceptors (Lipinski definition) is 2. The van der Waals surface area contributed by atoms with Crippen molar-refractivity contribution in [2.24, 2.45) is 5.92 Å². The van der Waals surface area contributed by atoms with E-state index in [4.69, 9.17) is 16.3 Å². The van der Waals surface area contributed by atoms with E-state index in [0.717, 1.165) is 28.1 Å². The lowest BCUT2D eigenvalue weighted by molar-refractivity contribution is 0.129. The summed E-state index contributed by atoms with van der Waals surface area (Å²) in [5.41, 5.74) is 2.09. The maximum atomic E-state index is 6.26. The average molecular weight is 334 g/mol. The van der Waals surface area contributed by atoms with E-state index in [1.807, 2.05) is 38.1 Å². The first-order chi connectivity index (χ1) is 11.2. The Bertz CT molecular complexity index is 633. The third-order valence-corrected chi connectivity index (χ3v) is 4.93. The molecule has 3 heteroatoms. The number of benzene rings is 1. The van der Waals surface area contributed by atoms with Gasteiger partial charge in [0.25, 0.3) is 0 Å². The lowest BCUT2D eigenvalue weighted by Gasteiger charge is -2.29. The van der Waals surface area contributed by atoms with Gasteiger partial charge in [0, 0.05) is 10.9 Å². The molecule has 1 aliphatic rings. The molecule has 0 radical (unpaired) electrons. The van der Waals surface area contributed by atoms with Crippen molar-refractivity contribution in [1.29, 1.82) is 0 Å². The van der Waals surface area contributed by atoms with Crippen molar-refractivity contribution >= 4 is 22.5 Å². The second-order valence-corrected chi connectivity index (χ2v) is 6.45. The van der Waals surface area contributed by atoms with Crippen LogP contribution in [0, 0.1) is 12.8 Å². The zero-order chi connectivity index (χ0) is 16.8. The van der Waals surface area contributed by atoms with Gasteiger partial charge in [-0.2, -0.15) is 0 Å². The molecule has 0 spiro atoms. The van der Waals surface area contributed by atoms with E-state index in [9.17, 15) is 0 Å². The van der Waals surface area contributed by atoms with E-state index >= 15 is 0 Å². The van der Waals surface area contributed by atoms with Crippen LogP contribution in [0.15, 0.2) is 24.3 Å². The van der Waals surface area contributed by atoms with Crippen molar-refractivity contribution in [2.45, 2.75) is 65.9 Å². The number of nitrogens with zero attached hydrogens (tertiary/aromatic N) is 1. The normalized spacial score (nSPS) is 20.7. The van der Waals surface area contributed by atoms with Gasteiger partial charge in [-0.3, -0.25) is 0 Å². The fourth-order valence-corrected chi connectivity index (χ4v) is 3.43. The van der Waals surface area contributed by atoms with Crippen LogP contribution in [0.1, 0.15) is 58.4 Å². The van der Waals surface area contributed by atoms with Crippen LogP contribution in [-0.2, 0) is 0 Å². The van der Waals surface area contributed by atoms with E-state index in [1.54, 1.807) is 0 Å². The van der Waals surface area contributed by atoms with Crippen molar-refractivity contribution in [1.82, 2.24) is 4.98 Å². The molecule has 1 aromatic carbocycles. The van der Waals surface area contributed by atoms with Crippen LogP contribution in [0.5, 0.6) is 5.75 Å². The number of ether oxygens (including phenoxy) is 1. The molecule has 0 aliphatic heterocycles. The maximum absolute atomic E-state index is 6.26. The zero-order valence-corrected chi connectivity index (χ0v) is 15.5. The first-order valence-corrected chi connectivity index (χ1v) is 9.27. The van der Waals surface area contributed by atoms with Gasteiger partial charge in [-0.1, -0.05) is 38.8 Å². The molecule has 0 N–H and O–H groups in total. The third kappa shape index (κ3) is 4.38. The predicted molar refractivity (Wildman–Crippen MR) is 99.5 cm³/mol. The Balaban J connectivity index is 0.000000924. The number of hydrogen-bond donors (Lipinski definition) is 0. The summed E-state index contributed by atoms with van der Waals surface area (Å²) in [5.74, 6) is 1.89. The largest absolute Gasteiger partial charge is 0.490 e. The van der Waals surface area contributed by atoms with Crippen molar-refractivity contribution in [3.63, 3.8) is 0 Å². The van der Waals surface area contributed by atoms with Crippen LogP contribution in [0.2, 0.25) is 5.15 Å². The molecule has 0 saturated heterocycles. The Hall–Kier alpha value is -1.28. The summed E-state index contributed by atoms with van der Waals surface area (Å²) in [6.45, 7) is 8.39. The standard InChI is InChI=1S/C18H22ClNO.C2H6/c1-3-13-4-6-14(7-5-13)21-17-10-9-16-15(12(17)2)8-11-18(19)20-16;1-2/h8-11,13-14H,3-7H2,1-2H3;1-2H3. The van der Waals surface area contributed by atoms with Crippen LogP contribution in [0.25, 0.3) is 10.9 Å². The van der Waals surface area contributed by atoms with Crippen LogP contribution >= 0.6 is 11.6 Å². The fourth-order valence-electron chi connectivity index (χ4n) is 3.27. The van der Waals surface area contributed by atoms with Crippen LogP contribution in [-0.4, -0.2) is 11.1 Å². The van der Waals surface area contributed by atoms with Gasteiger partial charge in [0.05, 0.1) is 11.6 Å². The van der Waals surface area contributed by atoms with Gasteiger partial charge in [-0.05, 0) is 62.8 Å². The Labute approximate surface area is 145 Å². The SMILES string of the molecule is CC.CCC1CCC(Oc2ccc3nc(Cl)ccc3c2C)CC1. The summed E-state index contributed by atoms with van der Waals surface area (Å²) in [6, 6.07) is 7.90. The molecule has 126 valence electrons. The number of halogens is 1. The van der Waals surface area contributed by atoms with Gasteiger partial charge in [-0.15, -0.1) is 0 Å². The smallest absolute Gasteiger partial charge is 0.129 e. The first kappa shape index (κ1) is 18.1. The topological polar surface area (TPSA) is 22.1 Å². The minimum atomic E-state index is 0.365. The molecule has 1 heterocycles. The predicted octanol–water partition coefficient (Wildman–Crippen LogP) is 6.57. The molecule has 1 aliphatic carbocycles. The second-order valence-electron chi connectivity index (χ2n) is 6.06. The molecule has 2 nitrogen and oxygen atoms in total. The zero-order valence-electron chi connectivity index (χ0n) is 14.7. The summed E-state index contributed by atoms with van der Waals surface area (Å²) in [6.07, 6.45) is 6.61. The van der Waals surface area contributed by atoms with E-state index in [1.165, 1.54) is 32.1 Å². The van der Waals surface area contributed by atoms with E-state index < -0.39 is 0 Å². The average Bonchev–Trinajstić information content (AvgIpc) is 2.60. The van der Waals surface area contributed by atoms with Gasteiger partial charge in [0.1, 0.15) is 10.9 Å². The summed E-state index contributed by atoms with van der Waals surface area (Å²) in [5, 5.41) is 1.66. The Morgan fingerprint density at radius 2 is 1.78 bits per heavy atom. The molecule has 0 bridgehead atoms. The lowest BCUT2D eigenvalue weighted by atomic mass is 9.86. The fraction of sp³-hybridized carbons (Fsp3) is 0.550. The van der Waals surface area contributed by atoms with Crippen molar-refractivity contribution in [3.05, 3.63) is 35.0 Å². The molecule has 1 saturated carbocycles. The molecular weight excluding hydrogens is 306 g/mol. The molecule has 0 unspecified atom stereocenters. The number of rotatable bonds is 3. The van der Waals surface area contributed by atoms with Crippen molar-refractivity contribution < 1.29 is 4.74 Å². The maximum Gasteiger partial charge on any atom is 0.129 e. The highest BCUT2D eigenvalue weighted by atomic mass is 35.5. The van der Waals surface area contributed by atoms with Gasteiger partial charge >= 0.3 is 0 Å². The van der Waals surface area contributed by atoms with E-state index in [0.29, 0.717) is 11.3 Å². The van der Waals surface area contributed by atoms with Gasteiger partial charge in [0.2, 0.25) is 0 Å². The molecule has 23 heavy (non-hydrogen) atoms. The van der Waals surface area contributed by atoms with Crippen LogP contribution < -0.4 is 4.74 Å². The minimum Gasteiger partial charge on any atom is -0.490 e. The number of pyridine rings is 1. The minimum absolute atomic E-state index is 0.365. The van der Waals surface area contributed by atoms with Crippen LogP contribution in [0.3, 0.4) is 0 Å². The molecule has 3 rings (SSSR count). The molecule has 2 aromatic rings. The first-order valence-electron chi connectivity index (χ1n) is 8.90. The highest BCUT2D eigenvalue weighted by molar-refractivity contribution is 6.29. The number of fused-ring (bicyclic) bond motifs is 1. The Morgan fingerprint density at radius 3 is 2.43 bits per heavy atom. The highest BCUT2D eigenvalue weighted by Gasteiger charge is 2.21. The van der Waals surface area contributed by atoms with Gasteiger partial charge in [-0.25, -0.2) is 4.98 Å². The summed E-state index contributed by atoms with van der Waals surface area (Å²) >= 11 is 5.95. The molecule has 0 atom stereocenters. The Morgan fingerprint density at radius 1 is 1.09 bits per heavy atom. The van der Waals surface area contributed by atoms with Crippen molar-refractivity contribution in [2.75, 3.05) is 0 Å². The quantitative estimate of drug-likeness (QED) is 0.592. The van der Waals surface area contributed by atoms with Crippen molar-refractivity contribution in [3.8, 4) is 5.75 Å². The molecular formula is C20H28ClNO. The highest BCUT2D eigenvalue weighted by Crippen LogP contribution is 2.32. The summed E-state index contributed by atoms with van der Waals surface area (Å²) < 4.78 is 6.26. The summed E-state index contributed by atoms with van der Waals surface area (Å²) in [7, 11) is 0. The summed E-state index contributed by atoms with van der Waals surface area (Å²) in [4.78, 5) is 4.36. The van der Waals surface area contributed by atoms with E-state index in [-0.39, 0.29) is 0 Å². The van der Waals surface area contributed by atoms with Gasteiger partial charge in [0.15, 0.2) is 0 Å². The monoisotopic (exact) mass is 333 g/mol. The Kier molecular flexibility index (Phi) is 6.71. The number of aryl methyl sites for hydroxylation is 1. The van der Waals surface area contributed by atoms with Crippen LogP contribution in [0.4, 0.5) is 0 Å². The molecule has 1 fully saturated rings. The lowest BCUT2D eigenvalue weighted by Crippen LogP contribution is -2.24. The molecule has 1 aromatic heterocycles. The van der Waals surface area contributed by atoms with Gasteiger partial charge < -0.3 is 4.74 Å². The number of aromatic nitrogens is 1.